The molecule has 3 aromatic rings. The zero-order valence-corrected chi connectivity index (χ0v) is 11.4. The molecule has 0 atom stereocenters. The second kappa shape index (κ2) is 5.81. The van der Waals surface area contributed by atoms with Crippen molar-refractivity contribution in [1.82, 2.24) is 9.55 Å². The van der Waals surface area contributed by atoms with Crippen molar-refractivity contribution >= 4 is 18.5 Å². The summed E-state index contributed by atoms with van der Waals surface area (Å²) in [6.45, 7) is 0. The molecule has 0 bridgehead atoms. The van der Waals surface area contributed by atoms with Crippen molar-refractivity contribution in [1.29, 1.82) is 0 Å². The van der Waals surface area contributed by atoms with E-state index < -0.39 is 0 Å². The standard InChI is InChI=1S/C16H15N2P/c1-3-7-15(8-4-1)19(14-18-12-11-17-13-18)16-9-5-2-6-10-16/h1-13H,14H2. The van der Waals surface area contributed by atoms with Crippen molar-refractivity contribution in [2.45, 2.75) is 6.29 Å². The summed E-state index contributed by atoms with van der Waals surface area (Å²) in [6.07, 6.45) is 6.73. The van der Waals surface area contributed by atoms with Gasteiger partial charge in [0.05, 0.1) is 12.6 Å². The van der Waals surface area contributed by atoms with Crippen LogP contribution in [-0.2, 0) is 6.29 Å². The Morgan fingerprint density at radius 1 is 0.842 bits per heavy atom. The molecule has 0 aliphatic heterocycles. The van der Waals surface area contributed by atoms with Crippen LogP contribution in [0.5, 0.6) is 0 Å². The number of rotatable bonds is 4. The number of hydrogen-bond donors (Lipinski definition) is 0. The van der Waals surface area contributed by atoms with Gasteiger partial charge < -0.3 is 4.57 Å². The summed E-state index contributed by atoms with van der Waals surface area (Å²) in [5, 5.41) is 2.80. The molecule has 0 N–H and O–H groups in total. The number of hydrogen-bond acceptors (Lipinski definition) is 1. The van der Waals surface area contributed by atoms with E-state index in [1.54, 1.807) is 0 Å². The van der Waals surface area contributed by atoms with E-state index in [9.17, 15) is 0 Å². The third kappa shape index (κ3) is 2.91. The van der Waals surface area contributed by atoms with Crippen molar-refractivity contribution in [3.8, 4) is 0 Å². The second-order valence-electron chi connectivity index (χ2n) is 4.32. The van der Waals surface area contributed by atoms with Crippen LogP contribution >= 0.6 is 7.92 Å². The van der Waals surface area contributed by atoms with Gasteiger partial charge in [0.2, 0.25) is 0 Å². The molecule has 0 radical (unpaired) electrons. The molecule has 1 heterocycles. The van der Waals surface area contributed by atoms with Crippen molar-refractivity contribution < 1.29 is 0 Å². The molecule has 0 unspecified atom stereocenters. The smallest absolute Gasteiger partial charge is 0.0949 e. The highest BCUT2D eigenvalue weighted by molar-refractivity contribution is 7.72. The van der Waals surface area contributed by atoms with Gasteiger partial charge in [-0.25, -0.2) is 4.98 Å². The van der Waals surface area contributed by atoms with Crippen LogP contribution in [0.1, 0.15) is 0 Å². The van der Waals surface area contributed by atoms with Crippen LogP contribution in [0.25, 0.3) is 0 Å². The van der Waals surface area contributed by atoms with E-state index in [2.05, 4.69) is 70.2 Å². The molecule has 0 amide bonds. The maximum absolute atomic E-state index is 4.14. The van der Waals surface area contributed by atoms with Crippen molar-refractivity contribution in [2.24, 2.45) is 0 Å². The Morgan fingerprint density at radius 2 is 1.42 bits per heavy atom. The van der Waals surface area contributed by atoms with E-state index in [1.807, 2.05) is 18.7 Å². The molecule has 3 rings (SSSR count). The maximum Gasteiger partial charge on any atom is 0.0949 e. The Hall–Kier alpha value is -1.92. The summed E-state index contributed by atoms with van der Waals surface area (Å²) in [5.41, 5.74) is 0. The van der Waals surface area contributed by atoms with Gasteiger partial charge in [0.1, 0.15) is 0 Å². The van der Waals surface area contributed by atoms with E-state index in [0.29, 0.717) is 0 Å². The summed E-state index contributed by atoms with van der Waals surface area (Å²) in [4.78, 5) is 4.14. The highest BCUT2D eigenvalue weighted by atomic mass is 31.1. The van der Waals surface area contributed by atoms with Crippen LogP contribution < -0.4 is 10.6 Å². The minimum Gasteiger partial charge on any atom is -0.333 e. The molecule has 0 aliphatic carbocycles. The fraction of sp³-hybridized carbons (Fsp3) is 0.0625. The Bertz CT molecular complexity index is 566. The molecule has 2 aromatic carbocycles. The molecule has 0 saturated carbocycles. The van der Waals surface area contributed by atoms with Gasteiger partial charge in [-0.05, 0) is 18.5 Å². The van der Waals surface area contributed by atoms with Crippen molar-refractivity contribution in [3.63, 3.8) is 0 Å². The zero-order chi connectivity index (χ0) is 12.9. The summed E-state index contributed by atoms with van der Waals surface area (Å²) in [5.74, 6) is 0. The summed E-state index contributed by atoms with van der Waals surface area (Å²) in [7, 11) is -0.378. The van der Waals surface area contributed by atoms with Crippen LogP contribution in [0.2, 0.25) is 0 Å². The zero-order valence-electron chi connectivity index (χ0n) is 10.6. The van der Waals surface area contributed by atoms with Gasteiger partial charge in [-0.3, -0.25) is 0 Å². The monoisotopic (exact) mass is 266 g/mol. The van der Waals surface area contributed by atoms with Gasteiger partial charge in [-0.15, -0.1) is 0 Å². The van der Waals surface area contributed by atoms with Gasteiger partial charge >= 0.3 is 0 Å². The number of benzene rings is 2. The molecular weight excluding hydrogens is 251 g/mol. The van der Waals surface area contributed by atoms with Gasteiger partial charge in [-0.2, -0.15) is 0 Å². The topological polar surface area (TPSA) is 17.8 Å². The first-order valence-corrected chi connectivity index (χ1v) is 7.79. The predicted octanol–water partition coefficient (Wildman–Crippen LogP) is 2.97. The number of nitrogens with zero attached hydrogens (tertiary/aromatic N) is 2. The van der Waals surface area contributed by atoms with Crippen LogP contribution in [0.15, 0.2) is 79.4 Å². The molecule has 3 heteroatoms. The normalized spacial score (nSPS) is 10.8. The third-order valence-corrected chi connectivity index (χ3v) is 5.45. The van der Waals surface area contributed by atoms with Crippen LogP contribution in [0.4, 0.5) is 0 Å². The maximum atomic E-state index is 4.14. The fourth-order valence-corrected chi connectivity index (χ4v) is 4.24. The first-order valence-electron chi connectivity index (χ1n) is 6.27. The highest BCUT2D eigenvalue weighted by Gasteiger charge is 2.13. The van der Waals surface area contributed by atoms with Crippen LogP contribution in [0.3, 0.4) is 0 Å². The Morgan fingerprint density at radius 3 is 1.89 bits per heavy atom. The lowest BCUT2D eigenvalue weighted by molar-refractivity contribution is 0.884. The Kier molecular flexibility index (Phi) is 3.71. The van der Waals surface area contributed by atoms with Crippen LogP contribution in [-0.4, -0.2) is 9.55 Å². The second-order valence-corrected chi connectivity index (χ2v) is 6.49. The van der Waals surface area contributed by atoms with Gasteiger partial charge in [-0.1, -0.05) is 60.7 Å². The number of imidazole rings is 1. The average Bonchev–Trinajstić information content (AvgIpc) is 3.00. The lowest BCUT2D eigenvalue weighted by Crippen LogP contribution is -2.15. The molecule has 19 heavy (non-hydrogen) atoms. The van der Waals surface area contributed by atoms with E-state index in [4.69, 9.17) is 0 Å². The molecule has 0 saturated heterocycles. The van der Waals surface area contributed by atoms with E-state index in [1.165, 1.54) is 10.6 Å². The largest absolute Gasteiger partial charge is 0.333 e. The summed E-state index contributed by atoms with van der Waals surface area (Å²) in [6, 6.07) is 21.5. The fourth-order valence-electron chi connectivity index (χ4n) is 2.06. The quantitative estimate of drug-likeness (QED) is 0.664. The van der Waals surface area contributed by atoms with E-state index in [-0.39, 0.29) is 7.92 Å². The van der Waals surface area contributed by atoms with Gasteiger partial charge in [0.15, 0.2) is 0 Å². The van der Waals surface area contributed by atoms with Crippen LogP contribution in [0, 0.1) is 0 Å². The SMILES string of the molecule is c1ccc(P(Cn2ccnc2)c2ccccc2)cc1. The Labute approximate surface area is 114 Å². The first kappa shape index (κ1) is 12.1. The lowest BCUT2D eigenvalue weighted by Gasteiger charge is -2.19. The minimum absolute atomic E-state index is 0.378. The van der Waals surface area contributed by atoms with Gasteiger partial charge in [0, 0.05) is 12.4 Å². The molecule has 0 fully saturated rings. The highest BCUT2D eigenvalue weighted by Crippen LogP contribution is 2.35. The predicted molar refractivity (Wildman–Crippen MR) is 81.3 cm³/mol. The molecular formula is C16H15N2P. The lowest BCUT2D eigenvalue weighted by atomic mass is 10.4. The first-order chi connectivity index (χ1) is 9.43. The third-order valence-electron chi connectivity index (χ3n) is 3.00. The molecule has 2 nitrogen and oxygen atoms in total. The van der Waals surface area contributed by atoms with Gasteiger partial charge in [0.25, 0.3) is 0 Å². The van der Waals surface area contributed by atoms with E-state index >= 15 is 0 Å². The number of aromatic nitrogens is 2. The molecule has 94 valence electrons. The van der Waals surface area contributed by atoms with Crippen molar-refractivity contribution in [3.05, 3.63) is 79.4 Å². The average molecular weight is 266 g/mol. The summed E-state index contributed by atoms with van der Waals surface area (Å²) < 4.78 is 2.16. The molecule has 0 aliphatic rings. The Balaban J connectivity index is 1.96. The molecule has 1 aromatic heterocycles. The van der Waals surface area contributed by atoms with E-state index in [0.717, 1.165) is 6.29 Å². The minimum atomic E-state index is -0.378. The van der Waals surface area contributed by atoms with Crippen molar-refractivity contribution in [2.75, 3.05) is 0 Å². The molecule has 0 spiro atoms. The summed E-state index contributed by atoms with van der Waals surface area (Å²) >= 11 is 0.